The lowest BCUT2D eigenvalue weighted by atomic mass is 10.1. The lowest BCUT2D eigenvalue weighted by Crippen LogP contribution is -2.32. The van der Waals surface area contributed by atoms with Crippen LogP contribution in [0.1, 0.15) is 42.4 Å². The van der Waals surface area contributed by atoms with Gasteiger partial charge in [-0.15, -0.1) is 0 Å². The van der Waals surface area contributed by atoms with Gasteiger partial charge in [0, 0.05) is 26.2 Å². The zero-order valence-corrected chi connectivity index (χ0v) is 17.3. The Morgan fingerprint density at radius 2 is 2.20 bits per heavy atom. The van der Waals surface area contributed by atoms with Crippen molar-refractivity contribution < 1.29 is 9.59 Å². The number of nitrogens with one attached hydrogen (secondary N) is 1. The van der Waals surface area contributed by atoms with E-state index in [0.29, 0.717) is 31.5 Å². The van der Waals surface area contributed by atoms with E-state index in [9.17, 15) is 9.59 Å². The topological polar surface area (TPSA) is 100 Å². The van der Waals surface area contributed by atoms with Crippen molar-refractivity contribution in [2.75, 3.05) is 6.54 Å². The number of allylic oxidation sites excluding steroid dienone is 6. The Bertz CT molecular complexity index is 1080. The highest BCUT2D eigenvalue weighted by molar-refractivity contribution is 5.95. The lowest BCUT2D eigenvalue weighted by Gasteiger charge is -2.10. The lowest BCUT2D eigenvalue weighted by molar-refractivity contribution is -0.115. The van der Waals surface area contributed by atoms with E-state index >= 15 is 0 Å². The third-order valence-corrected chi connectivity index (χ3v) is 4.59. The van der Waals surface area contributed by atoms with Gasteiger partial charge in [0.15, 0.2) is 5.78 Å². The SMILES string of the molecule is C=CN=c1nc(C(=O)NCCC2=CC=C(C(=O)CC)CC=C2)cc(C(=C)C#N)n1C. The van der Waals surface area contributed by atoms with Gasteiger partial charge in [-0.3, -0.25) is 9.59 Å². The van der Waals surface area contributed by atoms with Gasteiger partial charge in [0.25, 0.3) is 5.91 Å². The van der Waals surface area contributed by atoms with Crippen LogP contribution in [-0.2, 0) is 11.8 Å². The van der Waals surface area contributed by atoms with Crippen LogP contribution in [0.2, 0.25) is 0 Å². The van der Waals surface area contributed by atoms with Crippen molar-refractivity contribution in [1.82, 2.24) is 14.9 Å². The van der Waals surface area contributed by atoms with E-state index in [1.54, 1.807) is 11.6 Å². The van der Waals surface area contributed by atoms with Crippen molar-refractivity contribution >= 4 is 17.3 Å². The minimum Gasteiger partial charge on any atom is -0.350 e. The minimum absolute atomic E-state index is 0.140. The molecule has 154 valence electrons. The third-order valence-electron chi connectivity index (χ3n) is 4.59. The monoisotopic (exact) mass is 403 g/mol. The molecule has 0 saturated carbocycles. The van der Waals surface area contributed by atoms with Gasteiger partial charge >= 0.3 is 0 Å². The Labute approximate surface area is 176 Å². The highest BCUT2D eigenvalue weighted by Crippen LogP contribution is 2.15. The molecule has 1 heterocycles. The molecule has 0 spiro atoms. The van der Waals surface area contributed by atoms with Crippen LogP contribution in [0.25, 0.3) is 5.57 Å². The van der Waals surface area contributed by atoms with E-state index in [1.165, 1.54) is 12.3 Å². The molecule has 0 aromatic carbocycles. The van der Waals surface area contributed by atoms with Crippen LogP contribution in [0.3, 0.4) is 0 Å². The van der Waals surface area contributed by atoms with Crippen molar-refractivity contribution in [2.24, 2.45) is 12.0 Å². The van der Waals surface area contributed by atoms with Crippen LogP contribution in [0, 0.1) is 11.3 Å². The Morgan fingerprint density at radius 3 is 2.87 bits per heavy atom. The molecule has 1 aliphatic rings. The first-order valence-electron chi connectivity index (χ1n) is 9.61. The Balaban J connectivity index is 2.14. The van der Waals surface area contributed by atoms with Crippen molar-refractivity contribution in [1.29, 1.82) is 5.26 Å². The van der Waals surface area contributed by atoms with Gasteiger partial charge in [-0.1, -0.05) is 44.4 Å². The molecule has 7 nitrogen and oxygen atoms in total. The number of nitriles is 1. The van der Waals surface area contributed by atoms with Crippen LogP contribution >= 0.6 is 0 Å². The largest absolute Gasteiger partial charge is 0.350 e. The molecule has 2 rings (SSSR count). The zero-order chi connectivity index (χ0) is 22.1. The van der Waals surface area contributed by atoms with E-state index in [2.05, 4.69) is 28.5 Å². The van der Waals surface area contributed by atoms with E-state index in [0.717, 1.165) is 11.1 Å². The Morgan fingerprint density at radius 1 is 1.43 bits per heavy atom. The highest BCUT2D eigenvalue weighted by Gasteiger charge is 2.13. The van der Waals surface area contributed by atoms with E-state index in [1.807, 2.05) is 37.3 Å². The molecule has 0 atom stereocenters. The van der Waals surface area contributed by atoms with Crippen molar-refractivity contribution in [3.05, 3.63) is 77.9 Å². The number of ketones is 1. The standard InChI is InChI=1S/C23H25N5O2/c1-5-21(29)18-9-7-8-17(10-11-18)12-13-26-22(30)19-14-20(16(3)15-24)28(4)23(27-19)25-6-2/h6-8,10-11,14H,2-3,5,9,12-13H2,1,4H3,(H,26,30). The average molecular weight is 403 g/mol. The summed E-state index contributed by atoms with van der Waals surface area (Å²) < 4.78 is 1.58. The van der Waals surface area contributed by atoms with Gasteiger partial charge in [0.2, 0.25) is 5.62 Å². The van der Waals surface area contributed by atoms with E-state index in [-0.39, 0.29) is 28.6 Å². The summed E-state index contributed by atoms with van der Waals surface area (Å²) in [5, 5.41) is 12.0. The molecule has 0 radical (unpaired) electrons. The smallest absolute Gasteiger partial charge is 0.270 e. The van der Waals surface area contributed by atoms with Gasteiger partial charge in [0.1, 0.15) is 11.8 Å². The number of hydrogen-bond donors (Lipinski definition) is 1. The number of nitrogens with zero attached hydrogens (tertiary/aromatic N) is 4. The van der Waals surface area contributed by atoms with Crippen LogP contribution in [0.15, 0.2) is 65.9 Å². The summed E-state index contributed by atoms with van der Waals surface area (Å²) >= 11 is 0. The fourth-order valence-corrected chi connectivity index (χ4v) is 2.89. The summed E-state index contributed by atoms with van der Waals surface area (Å²) in [5.74, 6) is -0.233. The summed E-state index contributed by atoms with van der Waals surface area (Å²) in [6.07, 6.45) is 10.7. The fourth-order valence-electron chi connectivity index (χ4n) is 2.89. The Kier molecular flexibility index (Phi) is 8.00. The first-order valence-corrected chi connectivity index (χ1v) is 9.61. The second-order valence-corrected chi connectivity index (χ2v) is 6.61. The number of carbonyl (C=O) groups is 2. The molecule has 1 aliphatic carbocycles. The summed E-state index contributed by atoms with van der Waals surface area (Å²) in [6.45, 7) is 9.50. The number of rotatable bonds is 8. The summed E-state index contributed by atoms with van der Waals surface area (Å²) in [5.41, 5.74) is 2.84. The van der Waals surface area contributed by atoms with Crippen LogP contribution in [-0.4, -0.2) is 27.8 Å². The summed E-state index contributed by atoms with van der Waals surface area (Å²) in [7, 11) is 1.69. The predicted octanol–water partition coefficient (Wildman–Crippen LogP) is 2.91. The van der Waals surface area contributed by atoms with Crippen LogP contribution in [0.5, 0.6) is 0 Å². The molecular weight excluding hydrogens is 378 g/mol. The molecule has 0 saturated heterocycles. The molecule has 0 fully saturated rings. The van der Waals surface area contributed by atoms with Gasteiger partial charge in [-0.25, -0.2) is 9.98 Å². The second kappa shape index (κ2) is 10.7. The molecule has 0 unspecified atom stereocenters. The quantitative estimate of drug-likeness (QED) is 0.675. The normalized spacial score (nSPS) is 13.6. The molecule has 1 N–H and O–H groups in total. The van der Waals surface area contributed by atoms with E-state index in [4.69, 9.17) is 5.26 Å². The van der Waals surface area contributed by atoms with Crippen molar-refractivity contribution in [3.8, 4) is 6.07 Å². The number of hydrogen-bond acceptors (Lipinski definition) is 5. The van der Waals surface area contributed by atoms with Gasteiger partial charge < -0.3 is 9.88 Å². The molecule has 1 aromatic heterocycles. The predicted molar refractivity (Wildman–Crippen MR) is 116 cm³/mol. The maximum atomic E-state index is 12.6. The molecule has 7 heteroatoms. The first kappa shape index (κ1) is 22.5. The number of carbonyl (C=O) groups excluding carboxylic acids is 2. The molecule has 1 aromatic rings. The number of amides is 1. The number of aromatic nitrogens is 2. The highest BCUT2D eigenvalue weighted by atomic mass is 16.2. The fraction of sp³-hybridized carbons (Fsp3) is 0.261. The van der Waals surface area contributed by atoms with Crippen molar-refractivity contribution in [3.63, 3.8) is 0 Å². The second-order valence-electron chi connectivity index (χ2n) is 6.61. The minimum atomic E-state index is -0.376. The first-order chi connectivity index (χ1) is 14.4. The van der Waals surface area contributed by atoms with Crippen LogP contribution in [0.4, 0.5) is 0 Å². The molecule has 0 aliphatic heterocycles. The maximum absolute atomic E-state index is 12.6. The molecule has 30 heavy (non-hydrogen) atoms. The number of Topliss-reactive ketones (excluding diaryl/α,β-unsaturated/α-hetero) is 1. The third kappa shape index (κ3) is 5.61. The van der Waals surface area contributed by atoms with Crippen molar-refractivity contribution in [2.45, 2.75) is 26.2 Å². The van der Waals surface area contributed by atoms with Crippen LogP contribution < -0.4 is 10.9 Å². The summed E-state index contributed by atoms with van der Waals surface area (Å²) in [4.78, 5) is 32.8. The van der Waals surface area contributed by atoms with Gasteiger partial charge in [-0.05, 0) is 30.1 Å². The van der Waals surface area contributed by atoms with Gasteiger partial charge in [-0.2, -0.15) is 5.26 Å². The molecular formula is C23H25N5O2. The zero-order valence-electron chi connectivity index (χ0n) is 17.3. The average Bonchev–Trinajstić information content (AvgIpc) is 2.99. The summed E-state index contributed by atoms with van der Waals surface area (Å²) in [6, 6.07) is 3.49. The maximum Gasteiger partial charge on any atom is 0.270 e. The molecule has 1 amide bonds. The Hall–Kier alpha value is -3.79. The van der Waals surface area contributed by atoms with E-state index < -0.39 is 0 Å². The van der Waals surface area contributed by atoms with Gasteiger partial charge in [0.05, 0.1) is 11.3 Å². The molecule has 0 bridgehead atoms.